The predicted octanol–water partition coefficient (Wildman–Crippen LogP) is 4.95. The molecular weight excluding hydrogens is 392 g/mol. The third kappa shape index (κ3) is 7.52. The molecule has 0 spiro atoms. The molecular formula is C25H34N2O2S. The molecule has 0 bridgehead atoms. The van der Waals surface area contributed by atoms with Crippen molar-refractivity contribution in [3.05, 3.63) is 71.3 Å². The summed E-state index contributed by atoms with van der Waals surface area (Å²) in [6.45, 7) is 8.33. The van der Waals surface area contributed by atoms with Crippen LogP contribution in [0, 0.1) is 6.92 Å². The van der Waals surface area contributed by atoms with Crippen molar-refractivity contribution in [2.24, 2.45) is 0 Å². The number of nitrogens with zero attached hydrogens (tertiary/aromatic N) is 1. The summed E-state index contributed by atoms with van der Waals surface area (Å²) in [5.74, 6) is 1.54. The average molecular weight is 427 g/mol. The summed E-state index contributed by atoms with van der Waals surface area (Å²) in [6.07, 6.45) is 1.28. The monoisotopic (exact) mass is 426 g/mol. The minimum absolute atomic E-state index is 0.0191. The molecule has 30 heavy (non-hydrogen) atoms. The van der Waals surface area contributed by atoms with Gasteiger partial charge in [0.1, 0.15) is 6.04 Å². The molecule has 0 aromatic heterocycles. The normalized spacial score (nSPS) is 12.8. The molecule has 0 radical (unpaired) electrons. The number of aryl methyl sites for hydroxylation is 1. The molecule has 0 aliphatic heterocycles. The number of rotatable bonds is 11. The Hall–Kier alpha value is -2.27. The molecule has 0 unspecified atom stereocenters. The molecule has 0 saturated carbocycles. The summed E-state index contributed by atoms with van der Waals surface area (Å²) in [6, 6.07) is 17.9. The molecule has 2 amide bonds. The Morgan fingerprint density at radius 1 is 1.03 bits per heavy atom. The average Bonchev–Trinajstić information content (AvgIpc) is 2.76. The zero-order valence-corrected chi connectivity index (χ0v) is 19.4. The second-order valence-electron chi connectivity index (χ2n) is 7.73. The summed E-state index contributed by atoms with van der Waals surface area (Å²) >= 11 is 1.75. The minimum Gasteiger partial charge on any atom is -0.352 e. The van der Waals surface area contributed by atoms with Crippen LogP contribution < -0.4 is 5.32 Å². The lowest BCUT2D eigenvalue weighted by atomic mass is 10.1. The van der Waals surface area contributed by atoms with Crippen molar-refractivity contribution in [1.82, 2.24) is 10.2 Å². The van der Waals surface area contributed by atoms with Crippen LogP contribution >= 0.6 is 11.8 Å². The van der Waals surface area contributed by atoms with Crippen molar-refractivity contribution in [2.75, 3.05) is 5.75 Å². The summed E-state index contributed by atoms with van der Waals surface area (Å²) in [5, 5.41) is 3.02. The molecule has 162 valence electrons. The highest BCUT2D eigenvalue weighted by molar-refractivity contribution is 7.98. The van der Waals surface area contributed by atoms with Gasteiger partial charge in [-0.3, -0.25) is 9.59 Å². The first-order chi connectivity index (χ1) is 14.4. The van der Waals surface area contributed by atoms with Gasteiger partial charge in [0, 0.05) is 30.5 Å². The van der Waals surface area contributed by atoms with Crippen LogP contribution in [0.15, 0.2) is 54.6 Å². The summed E-state index contributed by atoms with van der Waals surface area (Å²) in [5.41, 5.74) is 3.46. The van der Waals surface area contributed by atoms with Crippen molar-refractivity contribution in [1.29, 1.82) is 0 Å². The fraction of sp³-hybridized carbons (Fsp3) is 0.440. The molecule has 2 rings (SSSR count). The second-order valence-corrected chi connectivity index (χ2v) is 8.84. The van der Waals surface area contributed by atoms with Crippen LogP contribution in [0.3, 0.4) is 0 Å². The molecule has 0 aliphatic rings. The van der Waals surface area contributed by atoms with E-state index in [9.17, 15) is 9.59 Å². The van der Waals surface area contributed by atoms with Crippen LogP contribution in [0.1, 0.15) is 50.3 Å². The largest absolute Gasteiger partial charge is 0.352 e. The van der Waals surface area contributed by atoms with E-state index in [0.29, 0.717) is 13.0 Å². The number of nitrogens with one attached hydrogen (secondary N) is 1. The van der Waals surface area contributed by atoms with Crippen LogP contribution in [0.4, 0.5) is 0 Å². The number of hydrogen-bond donors (Lipinski definition) is 1. The van der Waals surface area contributed by atoms with E-state index in [1.54, 1.807) is 16.7 Å². The quantitative estimate of drug-likeness (QED) is 0.517. The van der Waals surface area contributed by atoms with Crippen LogP contribution in [-0.2, 0) is 21.9 Å². The molecule has 0 heterocycles. The lowest BCUT2D eigenvalue weighted by Gasteiger charge is -2.30. The summed E-state index contributed by atoms with van der Waals surface area (Å²) in [7, 11) is 0. The first-order valence-electron chi connectivity index (χ1n) is 10.7. The first kappa shape index (κ1) is 24.0. The number of thioether (sulfide) groups is 1. The molecule has 2 aromatic rings. The van der Waals surface area contributed by atoms with E-state index in [1.807, 2.05) is 70.2 Å². The van der Waals surface area contributed by atoms with E-state index < -0.39 is 6.04 Å². The van der Waals surface area contributed by atoms with E-state index in [4.69, 9.17) is 0 Å². The Morgan fingerprint density at radius 3 is 2.37 bits per heavy atom. The van der Waals surface area contributed by atoms with Crippen LogP contribution in [0.2, 0.25) is 0 Å². The van der Waals surface area contributed by atoms with E-state index in [1.165, 1.54) is 5.56 Å². The van der Waals surface area contributed by atoms with Crippen molar-refractivity contribution in [3.8, 4) is 0 Å². The van der Waals surface area contributed by atoms with Gasteiger partial charge in [-0.15, -0.1) is 0 Å². The highest BCUT2D eigenvalue weighted by atomic mass is 32.2. The predicted molar refractivity (Wildman–Crippen MR) is 126 cm³/mol. The van der Waals surface area contributed by atoms with Gasteiger partial charge in [0.25, 0.3) is 0 Å². The van der Waals surface area contributed by atoms with Crippen molar-refractivity contribution in [3.63, 3.8) is 0 Å². The third-order valence-corrected chi connectivity index (χ3v) is 6.37. The van der Waals surface area contributed by atoms with Gasteiger partial charge in [0.2, 0.25) is 11.8 Å². The van der Waals surface area contributed by atoms with Gasteiger partial charge in [-0.05, 0) is 43.9 Å². The van der Waals surface area contributed by atoms with Gasteiger partial charge >= 0.3 is 0 Å². The Balaban J connectivity index is 2.02. The molecule has 0 fully saturated rings. The first-order valence-corrected chi connectivity index (χ1v) is 11.8. The fourth-order valence-electron chi connectivity index (χ4n) is 3.09. The number of amides is 2. The Kier molecular flexibility index (Phi) is 9.95. The number of carbonyl (C=O) groups excluding carboxylic acids is 2. The van der Waals surface area contributed by atoms with Crippen LogP contribution in [0.5, 0.6) is 0 Å². The molecule has 0 aliphatic carbocycles. The maximum atomic E-state index is 13.1. The van der Waals surface area contributed by atoms with Gasteiger partial charge < -0.3 is 10.2 Å². The molecule has 4 nitrogen and oxygen atoms in total. The van der Waals surface area contributed by atoms with Gasteiger partial charge in [-0.2, -0.15) is 11.8 Å². The summed E-state index contributed by atoms with van der Waals surface area (Å²) in [4.78, 5) is 27.6. The van der Waals surface area contributed by atoms with E-state index >= 15 is 0 Å². The smallest absolute Gasteiger partial charge is 0.242 e. The number of hydrogen-bond acceptors (Lipinski definition) is 3. The standard InChI is InChI=1S/C25H34N2O2S/c1-5-20(3)26-25(29)21(4)27(17-23-14-10-9-11-19(23)2)24(28)15-16-30-18-22-12-7-6-8-13-22/h6-14,20-21H,5,15-18H2,1-4H3,(H,26,29)/t20-,21+/m1/s1. The lowest BCUT2D eigenvalue weighted by molar-refractivity contribution is -0.140. The topological polar surface area (TPSA) is 49.4 Å². The highest BCUT2D eigenvalue weighted by Gasteiger charge is 2.26. The van der Waals surface area contributed by atoms with Crippen molar-refractivity contribution < 1.29 is 9.59 Å². The zero-order chi connectivity index (χ0) is 21.9. The maximum Gasteiger partial charge on any atom is 0.242 e. The lowest BCUT2D eigenvalue weighted by Crippen LogP contribution is -2.49. The van der Waals surface area contributed by atoms with Crippen LogP contribution in [0.25, 0.3) is 0 Å². The van der Waals surface area contributed by atoms with Crippen molar-refractivity contribution >= 4 is 23.6 Å². The van der Waals surface area contributed by atoms with Crippen LogP contribution in [-0.4, -0.2) is 34.6 Å². The fourth-order valence-corrected chi connectivity index (χ4v) is 3.98. The number of benzene rings is 2. The zero-order valence-electron chi connectivity index (χ0n) is 18.6. The van der Waals surface area contributed by atoms with Crippen molar-refractivity contribution in [2.45, 2.75) is 64.9 Å². The second kappa shape index (κ2) is 12.4. The molecule has 2 atom stereocenters. The highest BCUT2D eigenvalue weighted by Crippen LogP contribution is 2.17. The van der Waals surface area contributed by atoms with Gasteiger partial charge in [-0.1, -0.05) is 61.5 Å². The van der Waals surface area contributed by atoms with Gasteiger partial charge in [0.15, 0.2) is 0 Å². The van der Waals surface area contributed by atoms with E-state index in [0.717, 1.165) is 29.1 Å². The SMILES string of the molecule is CC[C@@H](C)NC(=O)[C@H](C)N(Cc1ccccc1C)C(=O)CCSCc1ccccc1. The van der Waals surface area contributed by atoms with E-state index in [2.05, 4.69) is 17.4 Å². The molecule has 5 heteroatoms. The third-order valence-electron chi connectivity index (χ3n) is 5.34. The minimum atomic E-state index is -0.509. The van der Waals surface area contributed by atoms with E-state index in [-0.39, 0.29) is 17.9 Å². The molecule has 1 N–H and O–H groups in total. The Bertz CT molecular complexity index is 810. The maximum absolute atomic E-state index is 13.1. The Morgan fingerprint density at radius 2 is 1.70 bits per heavy atom. The molecule has 2 aromatic carbocycles. The van der Waals surface area contributed by atoms with Gasteiger partial charge in [-0.25, -0.2) is 0 Å². The van der Waals surface area contributed by atoms with Gasteiger partial charge in [0.05, 0.1) is 0 Å². The summed E-state index contributed by atoms with van der Waals surface area (Å²) < 4.78 is 0. The Labute approximate surface area is 185 Å². The number of carbonyl (C=O) groups is 2. The molecule has 0 saturated heterocycles.